The van der Waals surface area contributed by atoms with Gasteiger partial charge in [0.15, 0.2) is 0 Å². The van der Waals surface area contributed by atoms with E-state index in [1.165, 1.54) is 0 Å². The van der Waals surface area contributed by atoms with Crippen LogP contribution < -0.4 is 5.32 Å². The van der Waals surface area contributed by atoms with Crippen molar-refractivity contribution in [3.05, 3.63) is 42.4 Å². The number of rotatable bonds is 3. The summed E-state index contributed by atoms with van der Waals surface area (Å²) in [5, 5.41) is 3.43. The fraction of sp³-hybridized carbons (Fsp3) is 0.471. The maximum Gasteiger partial charge on any atom is 0.274 e. The summed E-state index contributed by atoms with van der Waals surface area (Å²) in [5.74, 6) is 0.859. The van der Waals surface area contributed by atoms with E-state index in [2.05, 4.69) is 25.3 Å². The first-order valence-electron chi connectivity index (χ1n) is 8.24. The molecule has 0 bridgehead atoms. The molecular formula is C17H20N6O. The van der Waals surface area contributed by atoms with Gasteiger partial charge >= 0.3 is 0 Å². The second-order valence-electron chi connectivity index (χ2n) is 6.86. The molecule has 4 rings (SSSR count). The number of anilines is 1. The van der Waals surface area contributed by atoms with Crippen LogP contribution in [0.15, 0.2) is 31.0 Å². The summed E-state index contributed by atoms with van der Waals surface area (Å²) < 4.78 is 0. The minimum Gasteiger partial charge on any atom is -0.367 e. The SMILES string of the molecule is Cc1cnc(C(=O)N2CCC3(CC(Nc4ccncn4)C3)C2)cn1. The van der Waals surface area contributed by atoms with Crippen molar-refractivity contribution >= 4 is 11.7 Å². The maximum atomic E-state index is 12.5. The van der Waals surface area contributed by atoms with Crippen LogP contribution >= 0.6 is 0 Å². The normalized spacial score (nSPS) is 25.5. The predicted molar refractivity (Wildman–Crippen MR) is 88.4 cm³/mol. The molecule has 0 aromatic carbocycles. The van der Waals surface area contributed by atoms with Crippen molar-refractivity contribution in [3.63, 3.8) is 0 Å². The zero-order valence-corrected chi connectivity index (χ0v) is 13.6. The van der Waals surface area contributed by atoms with Crippen LogP contribution in [0.2, 0.25) is 0 Å². The van der Waals surface area contributed by atoms with Gasteiger partial charge in [0.05, 0.1) is 11.9 Å². The van der Waals surface area contributed by atoms with Crippen molar-refractivity contribution in [3.8, 4) is 0 Å². The lowest BCUT2D eigenvalue weighted by atomic mass is 9.65. The first-order chi connectivity index (χ1) is 11.6. The van der Waals surface area contributed by atoms with Gasteiger partial charge in [-0.15, -0.1) is 0 Å². The van der Waals surface area contributed by atoms with Crippen LogP contribution in [0.1, 0.15) is 35.4 Å². The second-order valence-corrected chi connectivity index (χ2v) is 6.86. The molecule has 7 heteroatoms. The molecule has 0 unspecified atom stereocenters. The first kappa shape index (κ1) is 15.0. The summed E-state index contributed by atoms with van der Waals surface area (Å²) in [6.07, 6.45) is 9.70. The van der Waals surface area contributed by atoms with E-state index in [9.17, 15) is 4.79 Å². The van der Waals surface area contributed by atoms with Gasteiger partial charge in [-0.3, -0.25) is 9.78 Å². The first-order valence-corrected chi connectivity index (χ1v) is 8.24. The fourth-order valence-corrected chi connectivity index (χ4v) is 3.78. The number of carbonyl (C=O) groups excluding carboxylic acids is 1. The smallest absolute Gasteiger partial charge is 0.274 e. The summed E-state index contributed by atoms with van der Waals surface area (Å²) in [4.78, 5) is 31.0. The number of hydrogen-bond acceptors (Lipinski definition) is 6. The minimum atomic E-state index is -0.00779. The summed E-state index contributed by atoms with van der Waals surface area (Å²) in [6, 6.07) is 2.31. The fourth-order valence-electron chi connectivity index (χ4n) is 3.78. The lowest BCUT2D eigenvalue weighted by molar-refractivity contribution is 0.0710. The molecule has 1 saturated heterocycles. The molecule has 2 fully saturated rings. The molecule has 24 heavy (non-hydrogen) atoms. The second kappa shape index (κ2) is 5.81. The Kier molecular flexibility index (Phi) is 3.63. The quantitative estimate of drug-likeness (QED) is 0.925. The Balaban J connectivity index is 1.34. The van der Waals surface area contributed by atoms with Gasteiger partial charge in [-0.1, -0.05) is 0 Å². The third kappa shape index (κ3) is 2.81. The lowest BCUT2D eigenvalue weighted by Crippen LogP contribution is -2.47. The zero-order chi connectivity index (χ0) is 16.6. The average Bonchev–Trinajstić information content (AvgIpc) is 3.01. The largest absolute Gasteiger partial charge is 0.367 e. The highest BCUT2D eigenvalue weighted by Gasteiger charge is 2.49. The minimum absolute atomic E-state index is 0.00779. The Labute approximate surface area is 140 Å². The molecule has 1 saturated carbocycles. The number of aromatic nitrogens is 4. The van der Waals surface area contributed by atoms with Crippen LogP contribution in [0, 0.1) is 12.3 Å². The highest BCUT2D eigenvalue weighted by Crippen LogP contribution is 2.49. The van der Waals surface area contributed by atoms with Crippen molar-refractivity contribution in [1.82, 2.24) is 24.8 Å². The summed E-state index contributed by atoms with van der Waals surface area (Å²) in [6.45, 7) is 3.48. The van der Waals surface area contributed by atoms with Gasteiger partial charge in [0.2, 0.25) is 0 Å². The van der Waals surface area contributed by atoms with Crippen LogP contribution in [0.5, 0.6) is 0 Å². The molecular weight excluding hydrogens is 304 g/mol. The molecule has 124 valence electrons. The van der Waals surface area contributed by atoms with Crippen molar-refractivity contribution in [2.75, 3.05) is 18.4 Å². The predicted octanol–water partition coefficient (Wildman–Crippen LogP) is 1.68. The summed E-state index contributed by atoms with van der Waals surface area (Å²) in [7, 11) is 0. The van der Waals surface area contributed by atoms with E-state index in [4.69, 9.17) is 0 Å². The number of amides is 1. The average molecular weight is 324 g/mol. The lowest BCUT2D eigenvalue weighted by Gasteiger charge is -2.45. The highest BCUT2D eigenvalue weighted by molar-refractivity contribution is 5.92. The van der Waals surface area contributed by atoms with Crippen molar-refractivity contribution in [2.45, 2.75) is 32.2 Å². The number of nitrogens with one attached hydrogen (secondary N) is 1. The Bertz CT molecular complexity index is 727. The van der Waals surface area contributed by atoms with Gasteiger partial charge in [0.25, 0.3) is 5.91 Å². The van der Waals surface area contributed by atoms with Gasteiger partial charge in [-0.05, 0) is 37.7 Å². The van der Waals surface area contributed by atoms with Crippen LogP contribution in [-0.4, -0.2) is 49.9 Å². The van der Waals surface area contributed by atoms with Gasteiger partial charge < -0.3 is 10.2 Å². The molecule has 2 aliphatic rings. The highest BCUT2D eigenvalue weighted by atomic mass is 16.2. The molecule has 1 N–H and O–H groups in total. The molecule has 1 aliphatic carbocycles. The van der Waals surface area contributed by atoms with Crippen LogP contribution in [0.3, 0.4) is 0 Å². The zero-order valence-electron chi connectivity index (χ0n) is 13.6. The van der Waals surface area contributed by atoms with E-state index < -0.39 is 0 Å². The number of carbonyl (C=O) groups is 1. The van der Waals surface area contributed by atoms with Crippen molar-refractivity contribution in [2.24, 2.45) is 5.41 Å². The van der Waals surface area contributed by atoms with Crippen LogP contribution in [0.25, 0.3) is 0 Å². The molecule has 2 aromatic rings. The molecule has 1 aliphatic heterocycles. The van der Waals surface area contributed by atoms with E-state index in [1.807, 2.05) is 17.9 Å². The van der Waals surface area contributed by atoms with E-state index >= 15 is 0 Å². The molecule has 0 radical (unpaired) electrons. The monoisotopic (exact) mass is 324 g/mol. The van der Waals surface area contributed by atoms with E-state index in [0.717, 1.165) is 43.9 Å². The van der Waals surface area contributed by atoms with Gasteiger partial charge in [-0.25, -0.2) is 15.0 Å². The molecule has 0 atom stereocenters. The van der Waals surface area contributed by atoms with E-state index in [1.54, 1.807) is 24.9 Å². The Morgan fingerprint density at radius 1 is 1.29 bits per heavy atom. The number of nitrogens with zero attached hydrogens (tertiary/aromatic N) is 5. The van der Waals surface area contributed by atoms with E-state index in [0.29, 0.717) is 11.7 Å². The molecule has 1 spiro atoms. The standard InChI is InChI=1S/C17H20N6O/c1-12-8-20-14(9-19-12)16(24)23-5-3-17(10-23)6-13(7-17)22-15-2-4-18-11-21-15/h2,4,8-9,11,13H,3,5-7,10H2,1H3,(H,18,21,22). The number of hydrogen-bond donors (Lipinski definition) is 1. The number of aryl methyl sites for hydroxylation is 1. The van der Waals surface area contributed by atoms with E-state index in [-0.39, 0.29) is 11.3 Å². The Hall–Kier alpha value is -2.57. The third-order valence-corrected chi connectivity index (χ3v) is 5.02. The third-order valence-electron chi connectivity index (χ3n) is 5.02. The number of likely N-dealkylation sites (tertiary alicyclic amines) is 1. The Morgan fingerprint density at radius 2 is 2.17 bits per heavy atom. The molecule has 3 heterocycles. The van der Waals surface area contributed by atoms with Gasteiger partial charge in [0.1, 0.15) is 17.8 Å². The van der Waals surface area contributed by atoms with Crippen LogP contribution in [0.4, 0.5) is 5.82 Å². The topological polar surface area (TPSA) is 83.9 Å². The molecule has 1 amide bonds. The Morgan fingerprint density at radius 3 is 2.88 bits per heavy atom. The summed E-state index contributed by atoms with van der Waals surface area (Å²) >= 11 is 0. The van der Waals surface area contributed by atoms with Gasteiger partial charge in [0, 0.05) is 31.5 Å². The molecule has 2 aromatic heterocycles. The van der Waals surface area contributed by atoms with Crippen LogP contribution in [-0.2, 0) is 0 Å². The summed E-state index contributed by atoms with van der Waals surface area (Å²) in [5.41, 5.74) is 1.51. The van der Waals surface area contributed by atoms with Crippen molar-refractivity contribution in [1.29, 1.82) is 0 Å². The maximum absolute atomic E-state index is 12.5. The van der Waals surface area contributed by atoms with Gasteiger partial charge in [-0.2, -0.15) is 0 Å². The molecule has 7 nitrogen and oxygen atoms in total. The van der Waals surface area contributed by atoms with Crippen molar-refractivity contribution < 1.29 is 4.79 Å².